The van der Waals surface area contributed by atoms with Gasteiger partial charge in [-0.1, -0.05) is 6.92 Å². The minimum atomic E-state index is -0.794. The first-order valence-corrected chi connectivity index (χ1v) is 9.47. The molecular weight excluding hydrogens is 320 g/mol. The molecule has 0 aromatic rings. The van der Waals surface area contributed by atoms with E-state index >= 15 is 0 Å². The second kappa shape index (κ2) is 8.36. The zero-order valence-corrected chi connectivity index (χ0v) is 16.0. The van der Waals surface area contributed by atoms with Gasteiger partial charge in [0.25, 0.3) is 0 Å². The van der Waals surface area contributed by atoms with Crippen molar-refractivity contribution >= 4 is 12.0 Å². The van der Waals surface area contributed by atoms with Crippen molar-refractivity contribution in [1.29, 1.82) is 0 Å². The molecule has 25 heavy (non-hydrogen) atoms. The first kappa shape index (κ1) is 20.0. The molecule has 1 saturated heterocycles. The van der Waals surface area contributed by atoms with Gasteiger partial charge >= 0.3 is 12.0 Å². The molecule has 0 radical (unpaired) electrons. The highest BCUT2D eigenvalue weighted by atomic mass is 16.4. The lowest BCUT2D eigenvalue weighted by atomic mass is 9.85. The van der Waals surface area contributed by atoms with Gasteiger partial charge in [-0.05, 0) is 53.0 Å². The number of nitrogens with one attached hydrogen (secondary N) is 2. The predicted octanol–water partition coefficient (Wildman–Crippen LogP) is 1.49. The molecule has 7 nitrogen and oxygen atoms in total. The topological polar surface area (TPSA) is 84.9 Å². The Hall–Kier alpha value is -1.34. The third-order valence-electron chi connectivity index (χ3n) is 5.49. The van der Waals surface area contributed by atoms with Crippen LogP contribution >= 0.6 is 0 Å². The first-order valence-electron chi connectivity index (χ1n) is 9.47. The molecule has 1 aliphatic heterocycles. The fourth-order valence-electron chi connectivity index (χ4n) is 3.78. The highest BCUT2D eigenvalue weighted by Gasteiger charge is 2.35. The standard InChI is InChI=1S/C18H34N4O3/c1-5-21(12-16(23)24)15-10-14(11-15)20-17(25)19-13-6-8-22(9-7-13)18(2,3)4/h13-15H,5-12H2,1-4H3,(H,23,24)(H2,19,20,25). The second-order valence-electron chi connectivity index (χ2n) is 8.33. The molecule has 3 N–H and O–H groups in total. The van der Waals surface area contributed by atoms with Crippen LogP contribution in [0.25, 0.3) is 0 Å². The summed E-state index contributed by atoms with van der Waals surface area (Å²) in [6.07, 6.45) is 3.63. The average Bonchev–Trinajstić information content (AvgIpc) is 2.48. The maximum atomic E-state index is 12.2. The lowest BCUT2D eigenvalue weighted by Crippen LogP contribution is -2.58. The number of aliphatic carboxylic acids is 1. The maximum absolute atomic E-state index is 12.2. The van der Waals surface area contributed by atoms with E-state index < -0.39 is 5.97 Å². The van der Waals surface area contributed by atoms with E-state index in [0.717, 1.165) is 45.3 Å². The number of carbonyl (C=O) groups is 2. The Morgan fingerprint density at radius 2 is 1.68 bits per heavy atom. The summed E-state index contributed by atoms with van der Waals surface area (Å²) in [5.41, 5.74) is 0.190. The van der Waals surface area contributed by atoms with Crippen LogP contribution in [-0.2, 0) is 4.79 Å². The van der Waals surface area contributed by atoms with Gasteiger partial charge in [-0.2, -0.15) is 0 Å². The number of piperidine rings is 1. The van der Waals surface area contributed by atoms with E-state index in [1.54, 1.807) is 0 Å². The quantitative estimate of drug-likeness (QED) is 0.673. The lowest BCUT2D eigenvalue weighted by molar-refractivity contribution is -0.139. The van der Waals surface area contributed by atoms with Gasteiger partial charge < -0.3 is 15.7 Å². The number of carboxylic acids is 1. The number of amides is 2. The second-order valence-corrected chi connectivity index (χ2v) is 8.33. The van der Waals surface area contributed by atoms with Gasteiger partial charge in [-0.15, -0.1) is 0 Å². The van der Waals surface area contributed by atoms with E-state index in [2.05, 4.69) is 36.3 Å². The number of urea groups is 1. The molecule has 0 unspecified atom stereocenters. The third-order valence-corrected chi connectivity index (χ3v) is 5.49. The fourth-order valence-corrected chi connectivity index (χ4v) is 3.78. The average molecular weight is 354 g/mol. The molecule has 1 heterocycles. The van der Waals surface area contributed by atoms with Crippen LogP contribution < -0.4 is 10.6 Å². The monoisotopic (exact) mass is 354 g/mol. The van der Waals surface area contributed by atoms with E-state index in [1.807, 2.05) is 11.8 Å². The molecule has 7 heteroatoms. The van der Waals surface area contributed by atoms with Crippen LogP contribution in [0.5, 0.6) is 0 Å². The smallest absolute Gasteiger partial charge is 0.317 e. The number of nitrogens with zero attached hydrogens (tertiary/aromatic N) is 2. The molecule has 1 saturated carbocycles. The van der Waals surface area contributed by atoms with Gasteiger partial charge in [0.2, 0.25) is 0 Å². The summed E-state index contributed by atoms with van der Waals surface area (Å²) < 4.78 is 0. The summed E-state index contributed by atoms with van der Waals surface area (Å²) in [5.74, 6) is -0.794. The van der Waals surface area contributed by atoms with Gasteiger partial charge in [-0.3, -0.25) is 14.6 Å². The first-order chi connectivity index (χ1) is 11.7. The van der Waals surface area contributed by atoms with Crippen molar-refractivity contribution in [2.75, 3.05) is 26.2 Å². The zero-order chi connectivity index (χ0) is 18.6. The number of hydrogen-bond donors (Lipinski definition) is 3. The molecule has 0 aromatic heterocycles. The van der Waals surface area contributed by atoms with Crippen molar-refractivity contribution in [3.05, 3.63) is 0 Å². The molecule has 144 valence electrons. The Morgan fingerprint density at radius 3 is 2.16 bits per heavy atom. The van der Waals surface area contributed by atoms with E-state index in [1.165, 1.54) is 0 Å². The van der Waals surface area contributed by atoms with Crippen molar-refractivity contribution in [1.82, 2.24) is 20.4 Å². The van der Waals surface area contributed by atoms with Crippen molar-refractivity contribution < 1.29 is 14.7 Å². The molecule has 1 aliphatic carbocycles. The Morgan fingerprint density at radius 1 is 1.12 bits per heavy atom. The maximum Gasteiger partial charge on any atom is 0.317 e. The van der Waals surface area contributed by atoms with Crippen LogP contribution in [0.4, 0.5) is 4.79 Å². The highest BCUT2D eigenvalue weighted by molar-refractivity contribution is 5.74. The van der Waals surface area contributed by atoms with Crippen LogP contribution in [-0.4, -0.2) is 76.8 Å². The molecule has 0 atom stereocenters. The van der Waals surface area contributed by atoms with E-state index in [-0.39, 0.29) is 36.2 Å². The Bertz CT molecular complexity index is 463. The van der Waals surface area contributed by atoms with Gasteiger partial charge in [0.1, 0.15) is 0 Å². The molecule has 0 bridgehead atoms. The Balaban J connectivity index is 1.65. The third kappa shape index (κ3) is 5.85. The number of likely N-dealkylation sites (tertiary alicyclic amines) is 1. The minimum absolute atomic E-state index is 0.0758. The van der Waals surface area contributed by atoms with E-state index in [0.29, 0.717) is 0 Å². The van der Waals surface area contributed by atoms with Gasteiger partial charge in [0, 0.05) is 36.8 Å². The van der Waals surface area contributed by atoms with Crippen LogP contribution in [0.1, 0.15) is 53.4 Å². The SMILES string of the molecule is CCN(CC(=O)O)C1CC(NC(=O)NC2CCN(C(C)(C)C)CC2)C1. The minimum Gasteiger partial charge on any atom is -0.480 e. The van der Waals surface area contributed by atoms with E-state index in [9.17, 15) is 9.59 Å². The van der Waals surface area contributed by atoms with Crippen LogP contribution in [0.3, 0.4) is 0 Å². The number of carboxylic acid groups (broad SMARTS) is 1. The summed E-state index contributed by atoms with van der Waals surface area (Å²) in [5, 5.41) is 15.0. The van der Waals surface area contributed by atoms with Crippen molar-refractivity contribution in [3.63, 3.8) is 0 Å². The number of likely N-dealkylation sites (N-methyl/N-ethyl adjacent to an activating group) is 1. The Kier molecular flexibility index (Phi) is 6.68. The van der Waals surface area contributed by atoms with Crippen molar-refractivity contribution in [2.45, 2.75) is 77.0 Å². The summed E-state index contributed by atoms with van der Waals surface area (Å²) in [6, 6.07) is 0.580. The normalized spacial score (nSPS) is 25.5. The highest BCUT2D eigenvalue weighted by Crippen LogP contribution is 2.25. The van der Waals surface area contributed by atoms with Crippen molar-refractivity contribution in [3.8, 4) is 0 Å². The predicted molar refractivity (Wildman–Crippen MR) is 97.7 cm³/mol. The Labute approximate surface area is 151 Å². The molecule has 0 spiro atoms. The largest absolute Gasteiger partial charge is 0.480 e. The zero-order valence-electron chi connectivity index (χ0n) is 16.0. The summed E-state index contributed by atoms with van der Waals surface area (Å²) in [7, 11) is 0. The van der Waals surface area contributed by atoms with Crippen LogP contribution in [0.2, 0.25) is 0 Å². The molecule has 2 aliphatic rings. The number of hydrogen-bond acceptors (Lipinski definition) is 4. The van der Waals surface area contributed by atoms with Crippen LogP contribution in [0.15, 0.2) is 0 Å². The number of rotatable bonds is 6. The molecule has 2 fully saturated rings. The van der Waals surface area contributed by atoms with Gasteiger partial charge in [0.05, 0.1) is 6.54 Å². The fraction of sp³-hybridized carbons (Fsp3) is 0.889. The van der Waals surface area contributed by atoms with Crippen molar-refractivity contribution in [2.24, 2.45) is 0 Å². The molecule has 2 amide bonds. The lowest BCUT2D eigenvalue weighted by Gasteiger charge is -2.43. The molecule has 0 aromatic carbocycles. The number of carbonyl (C=O) groups excluding carboxylic acids is 1. The van der Waals surface area contributed by atoms with Gasteiger partial charge in [-0.25, -0.2) is 4.79 Å². The van der Waals surface area contributed by atoms with Gasteiger partial charge in [0.15, 0.2) is 0 Å². The molecular formula is C18H34N4O3. The van der Waals surface area contributed by atoms with E-state index in [4.69, 9.17) is 5.11 Å². The molecule has 2 rings (SSSR count). The van der Waals surface area contributed by atoms with Crippen LogP contribution in [0, 0.1) is 0 Å². The summed E-state index contributed by atoms with van der Waals surface area (Å²) in [4.78, 5) is 27.4. The summed E-state index contributed by atoms with van der Waals surface area (Å²) >= 11 is 0. The summed E-state index contributed by atoms with van der Waals surface area (Å²) in [6.45, 7) is 11.5.